The van der Waals surface area contributed by atoms with Crippen LogP contribution in [0.25, 0.3) is 11.1 Å². The molecule has 0 N–H and O–H groups in total. The summed E-state index contributed by atoms with van der Waals surface area (Å²) >= 11 is 0. The van der Waals surface area contributed by atoms with Crippen molar-refractivity contribution in [2.24, 2.45) is 0 Å². The van der Waals surface area contributed by atoms with Crippen LogP contribution in [-0.4, -0.2) is 0 Å². The molecule has 0 spiro atoms. The van der Waals surface area contributed by atoms with E-state index in [-0.39, 0.29) is 51.0 Å². The van der Waals surface area contributed by atoms with Crippen LogP contribution in [0.3, 0.4) is 0 Å². The van der Waals surface area contributed by atoms with Crippen LogP contribution in [0.15, 0.2) is 60.7 Å². The molecule has 0 aromatic heterocycles. The van der Waals surface area contributed by atoms with Crippen molar-refractivity contribution >= 4 is 0 Å². The fraction of sp³-hybridized carbons (Fsp3) is 0.111. The standard InChI is InChI=1S/C13H9.C5H7.2ClH.Zr/c1-3-7-12-10(5-1)9-11-6-2-4-8-13(11)12;1-3-5-4-2;;;/h1-5,7-8H,9H2;1,3-5H,2H3;2*1H;/q2*-1;;;+4/p-2. The van der Waals surface area contributed by atoms with Gasteiger partial charge in [-0.25, -0.2) is 12.2 Å². The van der Waals surface area contributed by atoms with E-state index in [1.54, 1.807) is 6.08 Å². The van der Waals surface area contributed by atoms with Crippen molar-refractivity contribution in [2.45, 2.75) is 13.3 Å². The van der Waals surface area contributed by atoms with Crippen molar-refractivity contribution in [3.63, 3.8) is 0 Å². The molecule has 3 heteroatoms. The molecule has 0 atom stereocenters. The second kappa shape index (κ2) is 12.0. The molecule has 0 heterocycles. The topological polar surface area (TPSA) is 0 Å². The van der Waals surface area contributed by atoms with Gasteiger partial charge in [-0.1, -0.05) is 42.3 Å². The third kappa shape index (κ3) is 5.95. The van der Waals surface area contributed by atoms with Gasteiger partial charge in [-0.15, -0.1) is 5.56 Å². The van der Waals surface area contributed by atoms with Gasteiger partial charge in [0.1, 0.15) is 0 Å². The van der Waals surface area contributed by atoms with Crippen molar-refractivity contribution in [1.29, 1.82) is 0 Å². The van der Waals surface area contributed by atoms with Crippen LogP contribution in [0.2, 0.25) is 0 Å². The second-order valence-electron chi connectivity index (χ2n) is 4.11. The minimum absolute atomic E-state index is 0. The Morgan fingerprint density at radius 3 is 2.33 bits per heavy atom. The van der Waals surface area contributed by atoms with Crippen molar-refractivity contribution in [2.75, 3.05) is 0 Å². The Balaban J connectivity index is 0. The molecule has 2 aromatic carbocycles. The molecule has 1 aliphatic rings. The van der Waals surface area contributed by atoms with Gasteiger partial charge in [0.2, 0.25) is 0 Å². The average molecular weight is 394 g/mol. The smallest absolute Gasteiger partial charge is 1.00 e. The van der Waals surface area contributed by atoms with Crippen LogP contribution in [0.5, 0.6) is 0 Å². The quantitative estimate of drug-likeness (QED) is 0.353. The third-order valence-electron chi connectivity index (χ3n) is 2.92. The summed E-state index contributed by atoms with van der Waals surface area (Å²) < 4.78 is 0. The van der Waals surface area contributed by atoms with E-state index in [2.05, 4.69) is 42.5 Å². The van der Waals surface area contributed by atoms with Crippen LogP contribution >= 0.6 is 0 Å². The largest absolute Gasteiger partial charge is 4.00 e. The van der Waals surface area contributed by atoms with Gasteiger partial charge < -0.3 is 24.8 Å². The normalized spacial score (nSPS) is 9.76. The average Bonchev–Trinajstić information content (AvgIpc) is 2.79. The molecule has 3 rings (SSSR count). The Hall–Kier alpha value is -0.617. The molecule has 0 saturated carbocycles. The van der Waals surface area contributed by atoms with E-state index >= 15 is 0 Å². The van der Waals surface area contributed by atoms with Gasteiger partial charge in [-0.3, -0.25) is 6.58 Å². The monoisotopic (exact) mass is 392 g/mol. The fourth-order valence-electron chi connectivity index (χ4n) is 2.11. The molecule has 0 radical (unpaired) electrons. The van der Waals surface area contributed by atoms with Crippen LogP contribution in [0.4, 0.5) is 0 Å². The maximum Gasteiger partial charge on any atom is 4.00 e. The molecule has 0 aliphatic heterocycles. The minimum Gasteiger partial charge on any atom is -1.00 e. The molecule has 0 unspecified atom stereocenters. The van der Waals surface area contributed by atoms with Crippen molar-refractivity contribution in [3.8, 4) is 11.1 Å². The van der Waals surface area contributed by atoms with Crippen LogP contribution in [-0.2, 0) is 32.6 Å². The number of benzene rings is 2. The maximum absolute atomic E-state index is 4.93. The summed E-state index contributed by atoms with van der Waals surface area (Å²) in [5.41, 5.74) is 5.51. The molecule has 0 fully saturated rings. The molecule has 1 aliphatic carbocycles. The van der Waals surface area contributed by atoms with Crippen LogP contribution in [0.1, 0.15) is 18.1 Å². The molecule has 0 amide bonds. The van der Waals surface area contributed by atoms with E-state index < -0.39 is 0 Å². The third-order valence-corrected chi connectivity index (χ3v) is 2.92. The predicted octanol–water partition coefficient (Wildman–Crippen LogP) is -1.38. The van der Waals surface area contributed by atoms with E-state index in [1.165, 1.54) is 28.3 Å². The minimum atomic E-state index is 0. The molecule has 0 bridgehead atoms. The number of fused-ring (bicyclic) bond motifs is 3. The van der Waals surface area contributed by atoms with E-state index in [0.717, 1.165) is 6.42 Å². The van der Waals surface area contributed by atoms with Gasteiger partial charge >= 0.3 is 26.2 Å². The van der Waals surface area contributed by atoms with Crippen molar-refractivity contribution in [1.82, 2.24) is 0 Å². The van der Waals surface area contributed by atoms with Gasteiger partial charge in [0.15, 0.2) is 0 Å². The number of hydrogen-bond acceptors (Lipinski definition) is 0. The Bertz CT molecular complexity index is 533. The summed E-state index contributed by atoms with van der Waals surface area (Å²) in [6.07, 6.45) is 6.20. The first kappa shape index (κ1) is 22.7. The maximum atomic E-state index is 4.93. The molecule has 0 saturated heterocycles. The first-order valence-corrected chi connectivity index (χ1v) is 6.11. The van der Waals surface area contributed by atoms with Crippen molar-refractivity contribution < 1.29 is 51.0 Å². The van der Waals surface area contributed by atoms with E-state index in [4.69, 9.17) is 6.58 Å². The number of halogens is 2. The van der Waals surface area contributed by atoms with Crippen molar-refractivity contribution in [3.05, 3.63) is 84.5 Å². The zero-order valence-electron chi connectivity index (χ0n) is 11.8. The molecular formula is C18H16Cl2Zr. The van der Waals surface area contributed by atoms with Crippen LogP contribution in [0, 0.1) is 12.6 Å². The molecule has 0 nitrogen and oxygen atoms in total. The van der Waals surface area contributed by atoms with Gasteiger partial charge in [-0.2, -0.15) is 35.9 Å². The second-order valence-corrected chi connectivity index (χ2v) is 4.11. The summed E-state index contributed by atoms with van der Waals surface area (Å²) in [6, 6.07) is 18.1. The van der Waals surface area contributed by atoms with Crippen LogP contribution < -0.4 is 24.8 Å². The van der Waals surface area contributed by atoms with Gasteiger partial charge in [0, 0.05) is 0 Å². The summed E-state index contributed by atoms with van der Waals surface area (Å²) in [7, 11) is 0. The summed E-state index contributed by atoms with van der Waals surface area (Å²) in [5.74, 6) is 0. The first-order chi connectivity index (χ1) is 8.86. The number of allylic oxidation sites excluding steroid dienone is 3. The molecule has 106 valence electrons. The summed E-state index contributed by atoms with van der Waals surface area (Å²) in [4.78, 5) is 0. The Morgan fingerprint density at radius 1 is 1.05 bits per heavy atom. The number of rotatable bonds is 1. The predicted molar refractivity (Wildman–Crippen MR) is 77.2 cm³/mol. The Morgan fingerprint density at radius 2 is 1.71 bits per heavy atom. The van der Waals surface area contributed by atoms with Gasteiger partial charge in [0.25, 0.3) is 0 Å². The fourth-order valence-corrected chi connectivity index (χ4v) is 2.11. The van der Waals surface area contributed by atoms with E-state index in [0.29, 0.717) is 0 Å². The summed E-state index contributed by atoms with van der Waals surface area (Å²) in [5, 5.41) is 0. The Kier molecular flexibility index (Phi) is 12.9. The SMILES string of the molecule is [CH-]=CC=CC.[Cl-].[Cl-].[Zr+4].[c-]1cccc2c1Cc1ccccc1-2. The molecule has 2 aromatic rings. The molecule has 21 heavy (non-hydrogen) atoms. The van der Waals surface area contributed by atoms with E-state index in [1.807, 2.05) is 19.1 Å². The zero-order chi connectivity index (χ0) is 12.8. The van der Waals surface area contributed by atoms with Gasteiger partial charge in [-0.05, 0) is 6.42 Å². The first-order valence-electron chi connectivity index (χ1n) is 6.11. The van der Waals surface area contributed by atoms with E-state index in [9.17, 15) is 0 Å². The summed E-state index contributed by atoms with van der Waals surface area (Å²) in [6.45, 7) is 6.85. The molecular weight excluding hydrogens is 378 g/mol. The Labute approximate surface area is 159 Å². The zero-order valence-corrected chi connectivity index (χ0v) is 15.8. The van der Waals surface area contributed by atoms with Gasteiger partial charge in [0.05, 0.1) is 0 Å². The number of hydrogen-bond donors (Lipinski definition) is 0.